The van der Waals surface area contributed by atoms with E-state index in [1.54, 1.807) is 0 Å². The van der Waals surface area contributed by atoms with Crippen molar-refractivity contribution in [1.29, 1.82) is 0 Å². The fourth-order valence-corrected chi connectivity index (χ4v) is 1.09. The molecule has 0 saturated heterocycles. The summed E-state index contributed by atoms with van der Waals surface area (Å²) in [6.45, 7) is 9.63. The van der Waals surface area contributed by atoms with Gasteiger partial charge in [0.15, 0.2) is 0 Å². The molecule has 0 aliphatic heterocycles. The third-order valence-corrected chi connectivity index (χ3v) is 2.42. The number of carbonyl (C=O) groups is 1. The Balaban J connectivity index is -0.0000000935. The van der Waals surface area contributed by atoms with Crippen LogP contribution < -0.4 is 5.32 Å². The van der Waals surface area contributed by atoms with Crippen molar-refractivity contribution in [2.75, 3.05) is 6.54 Å². The molecule has 0 spiro atoms. The van der Waals surface area contributed by atoms with Gasteiger partial charge in [-0.1, -0.05) is 59.8 Å². The minimum atomic E-state index is -4.64. The summed E-state index contributed by atoms with van der Waals surface area (Å²) in [4.78, 5) is 74.6. The van der Waals surface area contributed by atoms with Gasteiger partial charge in [-0.05, 0) is 12.3 Å². The lowest BCUT2D eigenvalue weighted by Crippen LogP contribution is -2.14. The van der Waals surface area contributed by atoms with Gasteiger partial charge in [0, 0.05) is 6.54 Å². The molecule has 1 atom stereocenters. The van der Waals surface area contributed by atoms with Crippen molar-refractivity contribution in [1.82, 2.24) is 5.32 Å². The number of nitrogens with one attached hydrogen (secondary N) is 1. The van der Waals surface area contributed by atoms with Crippen LogP contribution in [-0.2, 0) is 18.5 Å². The van der Waals surface area contributed by atoms with Crippen molar-refractivity contribution in [2.24, 2.45) is 5.92 Å². The first-order valence-corrected chi connectivity index (χ1v) is 13.4. The van der Waals surface area contributed by atoms with Crippen molar-refractivity contribution >= 4 is 29.9 Å². The van der Waals surface area contributed by atoms with Crippen LogP contribution in [0.3, 0.4) is 0 Å². The highest BCUT2D eigenvalue weighted by Crippen LogP contribution is 2.26. The molecule has 188 valence electrons. The summed E-state index contributed by atoms with van der Waals surface area (Å²) in [7, 11) is -13.9. The lowest BCUT2D eigenvalue weighted by Gasteiger charge is -2.08. The minimum absolute atomic E-state index is 0.752. The molecule has 30 heavy (non-hydrogen) atoms. The molecular formula is C13H38NO13P3. The normalized spacial score (nSPS) is 11.5. The van der Waals surface area contributed by atoms with Crippen molar-refractivity contribution in [3.63, 3.8) is 0 Å². The number of carbonyl (C=O) groups excluding carboxylic acids is 1. The Bertz CT molecular complexity index is 414. The van der Waals surface area contributed by atoms with Crippen molar-refractivity contribution < 1.29 is 62.5 Å². The molecule has 0 bridgehead atoms. The molecule has 0 saturated carbocycles. The van der Waals surface area contributed by atoms with Gasteiger partial charge in [0.05, 0.1) is 0 Å². The molecule has 0 aromatic heterocycles. The number of unbranched alkanes of at least 4 members (excludes halogenated alkanes) is 2. The predicted octanol–water partition coefficient (Wildman–Crippen LogP) is 0.969. The summed E-state index contributed by atoms with van der Waals surface area (Å²) in [5, 5.41) is 2.68. The maximum absolute atomic E-state index is 9.89. The Morgan fingerprint density at radius 3 is 1.20 bits per heavy atom. The largest absolute Gasteiger partial charge is 0.466 e. The molecule has 1 amide bonds. The molecule has 0 rings (SSSR count). The van der Waals surface area contributed by atoms with Gasteiger partial charge in [0.25, 0.3) is 0 Å². The second kappa shape index (κ2) is 25.1. The van der Waals surface area contributed by atoms with E-state index in [2.05, 4.69) is 33.0 Å². The Morgan fingerprint density at radius 1 is 0.700 bits per heavy atom. The molecule has 17 heteroatoms. The van der Waals surface area contributed by atoms with Crippen LogP contribution in [0.15, 0.2) is 0 Å². The molecule has 0 aliphatic carbocycles. The molecule has 1 unspecified atom stereocenters. The third kappa shape index (κ3) is 208. The molecule has 14 nitrogen and oxygen atoms in total. The van der Waals surface area contributed by atoms with E-state index >= 15 is 0 Å². The van der Waals surface area contributed by atoms with Gasteiger partial charge in [0.1, 0.15) is 0 Å². The summed E-state index contributed by atoms with van der Waals surface area (Å²) in [5.74, 6) is 0.752. The fourth-order valence-electron chi connectivity index (χ4n) is 1.09. The van der Waals surface area contributed by atoms with Gasteiger partial charge in [0.2, 0.25) is 6.41 Å². The monoisotopic (exact) mass is 509 g/mol. The standard InChI is InChI=1S/C9H19NO.C4H10.3H3O4P/c1-3-4-5-9(2)6-7-10-8-11;1-3-4-2;3*1-5(2,3)4/h8-9H,3-7H2,1-2H3,(H,10,11);3-4H2,1-2H3;3*(H3,1,2,3,4). The van der Waals surface area contributed by atoms with E-state index in [1.807, 2.05) is 0 Å². The number of hydrogen-bond donors (Lipinski definition) is 10. The zero-order chi connectivity index (χ0) is 25.4. The summed E-state index contributed by atoms with van der Waals surface area (Å²) in [5.41, 5.74) is 0. The van der Waals surface area contributed by atoms with E-state index in [0.717, 1.165) is 25.3 Å². The number of rotatable bonds is 8. The fraction of sp³-hybridized carbons (Fsp3) is 0.923. The zero-order valence-corrected chi connectivity index (χ0v) is 20.3. The molecule has 0 aromatic carbocycles. The number of hydrogen-bond acceptors (Lipinski definition) is 4. The highest BCUT2D eigenvalue weighted by atomic mass is 31.2. The highest BCUT2D eigenvalue weighted by molar-refractivity contribution is 7.45. The SMILES string of the molecule is CCCC.CCCCC(C)CCNC=O.O=P(O)(O)O.O=P(O)(O)O.O=P(O)(O)O. The second-order valence-electron chi connectivity index (χ2n) is 5.65. The van der Waals surface area contributed by atoms with Crippen molar-refractivity contribution in [3.05, 3.63) is 0 Å². The van der Waals surface area contributed by atoms with Gasteiger partial charge in [-0.3, -0.25) is 4.79 Å². The van der Waals surface area contributed by atoms with E-state index in [1.165, 1.54) is 32.1 Å². The molecule has 0 aliphatic rings. The van der Waals surface area contributed by atoms with E-state index < -0.39 is 23.5 Å². The molecule has 10 N–H and O–H groups in total. The Morgan fingerprint density at radius 2 is 1.00 bits per heavy atom. The van der Waals surface area contributed by atoms with E-state index in [-0.39, 0.29) is 0 Å². The number of phosphoric acid groups is 3. The smallest absolute Gasteiger partial charge is 0.359 e. The van der Waals surface area contributed by atoms with Crippen molar-refractivity contribution in [3.8, 4) is 0 Å². The molecule has 0 radical (unpaired) electrons. The average Bonchev–Trinajstić information content (AvgIpc) is 2.48. The van der Waals surface area contributed by atoms with Crippen LogP contribution in [0.2, 0.25) is 0 Å². The lowest BCUT2D eigenvalue weighted by atomic mass is 10.0. The summed E-state index contributed by atoms with van der Waals surface area (Å²) in [6, 6.07) is 0. The lowest BCUT2D eigenvalue weighted by molar-refractivity contribution is -0.109. The molecule has 0 fully saturated rings. The zero-order valence-electron chi connectivity index (χ0n) is 17.6. The van der Waals surface area contributed by atoms with Gasteiger partial charge in [-0.2, -0.15) is 0 Å². The molecule has 0 aromatic rings. The Kier molecular flexibility index (Phi) is 33.6. The van der Waals surface area contributed by atoms with E-state index in [4.69, 9.17) is 57.7 Å². The van der Waals surface area contributed by atoms with Crippen LogP contribution in [0, 0.1) is 5.92 Å². The first-order valence-electron chi connectivity index (χ1n) is 8.74. The van der Waals surface area contributed by atoms with E-state index in [0.29, 0.717) is 0 Å². The minimum Gasteiger partial charge on any atom is -0.359 e. The highest BCUT2D eigenvalue weighted by Gasteiger charge is 2.01. The van der Waals surface area contributed by atoms with Crippen LogP contribution in [0.5, 0.6) is 0 Å². The van der Waals surface area contributed by atoms with E-state index in [9.17, 15) is 4.79 Å². The maximum Gasteiger partial charge on any atom is 0.466 e. The predicted molar refractivity (Wildman–Crippen MR) is 111 cm³/mol. The van der Waals surface area contributed by atoms with Crippen LogP contribution in [0.4, 0.5) is 0 Å². The summed E-state index contributed by atoms with van der Waals surface area (Å²) < 4.78 is 26.6. The quantitative estimate of drug-likeness (QED) is 0.124. The summed E-state index contributed by atoms with van der Waals surface area (Å²) >= 11 is 0. The molecule has 0 heterocycles. The van der Waals surface area contributed by atoms with Crippen LogP contribution in [-0.4, -0.2) is 57.0 Å². The average molecular weight is 509 g/mol. The topological polar surface area (TPSA) is 262 Å². The van der Waals surface area contributed by atoms with Gasteiger partial charge in [-0.25, -0.2) is 13.7 Å². The summed E-state index contributed by atoms with van der Waals surface area (Å²) in [6.07, 6.45) is 8.38. The van der Waals surface area contributed by atoms with Crippen LogP contribution in [0.25, 0.3) is 0 Å². The van der Waals surface area contributed by atoms with Gasteiger partial charge in [-0.15, -0.1) is 0 Å². The first kappa shape index (κ1) is 40.2. The van der Waals surface area contributed by atoms with Gasteiger partial charge < -0.3 is 49.4 Å². The first-order chi connectivity index (χ1) is 13.2. The van der Waals surface area contributed by atoms with Gasteiger partial charge >= 0.3 is 23.5 Å². The van der Waals surface area contributed by atoms with Crippen LogP contribution in [0.1, 0.15) is 66.2 Å². The van der Waals surface area contributed by atoms with Crippen molar-refractivity contribution in [2.45, 2.75) is 66.2 Å². The van der Waals surface area contributed by atoms with Crippen LogP contribution >= 0.6 is 23.5 Å². The second-order valence-corrected chi connectivity index (χ2v) is 8.73. The Labute approximate surface area is 177 Å². The third-order valence-electron chi connectivity index (χ3n) is 2.42. The maximum atomic E-state index is 9.89. The number of amides is 1. The Hall–Kier alpha value is -0.200. The molecular weight excluding hydrogens is 471 g/mol.